The molecule has 2 rings (SSSR count). The van der Waals surface area contributed by atoms with Crippen LogP contribution in [0.5, 0.6) is 0 Å². The quantitative estimate of drug-likeness (QED) is 0.858. The van der Waals surface area contributed by atoms with Crippen LogP contribution in [0.1, 0.15) is 50.1 Å². The fourth-order valence-corrected chi connectivity index (χ4v) is 2.41. The van der Waals surface area contributed by atoms with Crippen LogP contribution in [-0.2, 0) is 6.42 Å². The predicted molar refractivity (Wildman–Crippen MR) is 84.7 cm³/mol. The van der Waals surface area contributed by atoms with Crippen molar-refractivity contribution in [3.8, 4) is 0 Å². The highest BCUT2D eigenvalue weighted by atomic mass is 19.1. The van der Waals surface area contributed by atoms with E-state index in [1.165, 1.54) is 17.8 Å². The number of halogens is 1. The van der Waals surface area contributed by atoms with Crippen molar-refractivity contribution in [3.05, 3.63) is 65.2 Å². The van der Waals surface area contributed by atoms with Crippen LogP contribution in [0.3, 0.4) is 0 Å². The molecular weight excluding hydrogens is 263 g/mol. The lowest BCUT2D eigenvalue weighted by molar-refractivity contribution is 0.517. The molecule has 1 N–H and O–H groups in total. The van der Waals surface area contributed by atoms with Crippen LogP contribution in [0.25, 0.3) is 0 Å². The number of aromatic nitrogens is 1. The van der Waals surface area contributed by atoms with Gasteiger partial charge in [-0.2, -0.15) is 0 Å². The lowest BCUT2D eigenvalue weighted by Crippen LogP contribution is -2.29. The van der Waals surface area contributed by atoms with Crippen LogP contribution in [-0.4, -0.2) is 11.0 Å². The van der Waals surface area contributed by atoms with Crippen LogP contribution in [0, 0.1) is 5.82 Å². The Bertz CT molecular complexity index is 546. The van der Waals surface area contributed by atoms with Crippen molar-refractivity contribution in [2.24, 2.45) is 0 Å². The Morgan fingerprint density at radius 2 is 1.81 bits per heavy atom. The largest absolute Gasteiger partial charge is 0.303 e. The fraction of sp³-hybridized carbons (Fsp3) is 0.389. The molecule has 0 fully saturated rings. The molecule has 3 heteroatoms. The van der Waals surface area contributed by atoms with Crippen LogP contribution < -0.4 is 5.32 Å². The number of aryl methyl sites for hydroxylation is 1. The van der Waals surface area contributed by atoms with Crippen molar-refractivity contribution < 1.29 is 4.39 Å². The number of pyridine rings is 1. The maximum atomic E-state index is 13.1. The van der Waals surface area contributed by atoms with Gasteiger partial charge in [0.05, 0.1) is 17.9 Å². The molecule has 0 aliphatic rings. The second-order valence-corrected chi connectivity index (χ2v) is 5.65. The molecule has 1 heterocycles. The maximum absolute atomic E-state index is 13.1. The van der Waals surface area contributed by atoms with E-state index < -0.39 is 0 Å². The molecule has 0 spiro atoms. The molecule has 0 aliphatic heterocycles. The summed E-state index contributed by atoms with van der Waals surface area (Å²) >= 11 is 0. The van der Waals surface area contributed by atoms with E-state index in [4.69, 9.17) is 0 Å². The number of rotatable bonds is 6. The van der Waals surface area contributed by atoms with Gasteiger partial charge in [0.2, 0.25) is 0 Å². The van der Waals surface area contributed by atoms with Crippen LogP contribution >= 0.6 is 0 Å². The summed E-state index contributed by atoms with van der Waals surface area (Å²) in [6.45, 7) is 6.38. The molecule has 1 atom stereocenters. The van der Waals surface area contributed by atoms with Crippen molar-refractivity contribution in [3.63, 3.8) is 0 Å². The first-order valence-electron chi connectivity index (χ1n) is 7.56. The minimum atomic E-state index is -0.305. The number of nitrogens with one attached hydrogen (secondary N) is 1. The summed E-state index contributed by atoms with van der Waals surface area (Å²) in [5, 5.41) is 3.50. The Balaban J connectivity index is 2.28. The standard InChI is InChI=1S/C18H23FN2/c1-4-5-14-6-8-15(9-7-14)18(21-13(2)3)17-11-10-16(19)12-20-17/h6-13,18,21H,4-5H2,1-3H3. The zero-order valence-corrected chi connectivity index (χ0v) is 12.9. The third-order valence-electron chi connectivity index (χ3n) is 3.40. The van der Waals surface area contributed by atoms with Crippen molar-refractivity contribution in [2.45, 2.75) is 45.7 Å². The second-order valence-electron chi connectivity index (χ2n) is 5.65. The molecule has 0 radical (unpaired) electrons. The Morgan fingerprint density at radius 3 is 2.33 bits per heavy atom. The van der Waals surface area contributed by atoms with Crippen LogP contribution in [0.15, 0.2) is 42.6 Å². The normalized spacial score (nSPS) is 12.6. The minimum Gasteiger partial charge on any atom is -0.303 e. The molecule has 2 nitrogen and oxygen atoms in total. The van der Waals surface area contributed by atoms with Gasteiger partial charge in [0, 0.05) is 6.04 Å². The van der Waals surface area contributed by atoms with Crippen LogP contribution in [0.2, 0.25) is 0 Å². The molecule has 0 saturated carbocycles. The summed E-state index contributed by atoms with van der Waals surface area (Å²) < 4.78 is 13.1. The van der Waals surface area contributed by atoms with Gasteiger partial charge in [-0.05, 0) is 43.5 Å². The Kier molecular flexibility index (Phi) is 5.45. The van der Waals surface area contributed by atoms with Gasteiger partial charge in [0.25, 0.3) is 0 Å². The second kappa shape index (κ2) is 7.32. The fourth-order valence-electron chi connectivity index (χ4n) is 2.41. The first-order valence-corrected chi connectivity index (χ1v) is 7.56. The average Bonchev–Trinajstić information content (AvgIpc) is 2.47. The predicted octanol–water partition coefficient (Wildman–Crippen LogP) is 4.26. The Hall–Kier alpha value is -1.74. The zero-order valence-electron chi connectivity index (χ0n) is 12.9. The first-order chi connectivity index (χ1) is 10.1. The lowest BCUT2D eigenvalue weighted by atomic mass is 9.99. The van der Waals surface area contributed by atoms with Gasteiger partial charge in [-0.25, -0.2) is 4.39 Å². The Morgan fingerprint density at radius 1 is 1.10 bits per heavy atom. The molecule has 0 saturated heterocycles. The van der Waals surface area contributed by atoms with Crippen molar-refractivity contribution in [2.75, 3.05) is 0 Å². The monoisotopic (exact) mass is 286 g/mol. The molecule has 1 aromatic carbocycles. The zero-order chi connectivity index (χ0) is 15.2. The van der Waals surface area contributed by atoms with Gasteiger partial charge in [0.15, 0.2) is 0 Å². The molecular formula is C18H23FN2. The van der Waals surface area contributed by atoms with Crippen molar-refractivity contribution >= 4 is 0 Å². The highest BCUT2D eigenvalue weighted by Crippen LogP contribution is 2.22. The third kappa shape index (κ3) is 4.36. The summed E-state index contributed by atoms with van der Waals surface area (Å²) in [6.07, 6.45) is 3.51. The number of nitrogens with zero attached hydrogens (tertiary/aromatic N) is 1. The van der Waals surface area contributed by atoms with Gasteiger partial charge in [-0.1, -0.05) is 37.6 Å². The smallest absolute Gasteiger partial charge is 0.141 e. The lowest BCUT2D eigenvalue weighted by Gasteiger charge is -2.21. The molecule has 21 heavy (non-hydrogen) atoms. The van der Waals surface area contributed by atoms with Crippen molar-refractivity contribution in [1.29, 1.82) is 0 Å². The molecule has 112 valence electrons. The highest BCUT2D eigenvalue weighted by molar-refractivity contribution is 5.31. The van der Waals surface area contributed by atoms with E-state index in [-0.39, 0.29) is 11.9 Å². The number of hydrogen-bond donors (Lipinski definition) is 1. The molecule has 0 aliphatic carbocycles. The first kappa shape index (κ1) is 15.6. The van der Waals surface area contributed by atoms with Gasteiger partial charge >= 0.3 is 0 Å². The summed E-state index contributed by atoms with van der Waals surface area (Å²) in [4.78, 5) is 4.23. The minimum absolute atomic E-state index is 0.0127. The number of hydrogen-bond acceptors (Lipinski definition) is 2. The van der Waals surface area contributed by atoms with E-state index in [0.717, 1.165) is 24.1 Å². The molecule has 2 aromatic rings. The van der Waals surface area contributed by atoms with Crippen LogP contribution in [0.4, 0.5) is 4.39 Å². The van der Waals surface area contributed by atoms with Crippen molar-refractivity contribution in [1.82, 2.24) is 10.3 Å². The molecule has 1 aromatic heterocycles. The van der Waals surface area contributed by atoms with E-state index in [0.29, 0.717) is 6.04 Å². The summed E-state index contributed by atoms with van der Waals surface area (Å²) in [5.74, 6) is -0.305. The Labute approximate surface area is 126 Å². The topological polar surface area (TPSA) is 24.9 Å². The van der Waals surface area contributed by atoms with Gasteiger partial charge < -0.3 is 5.32 Å². The molecule has 0 amide bonds. The van der Waals surface area contributed by atoms with Gasteiger partial charge in [-0.3, -0.25) is 4.98 Å². The molecule has 1 unspecified atom stereocenters. The SMILES string of the molecule is CCCc1ccc(C(NC(C)C)c2ccc(F)cn2)cc1. The number of benzene rings is 1. The van der Waals surface area contributed by atoms with E-state index in [1.807, 2.05) is 0 Å². The van der Waals surface area contributed by atoms with Gasteiger partial charge in [0.1, 0.15) is 5.82 Å². The molecule has 0 bridgehead atoms. The third-order valence-corrected chi connectivity index (χ3v) is 3.40. The summed E-state index contributed by atoms with van der Waals surface area (Å²) in [5.41, 5.74) is 3.34. The van der Waals surface area contributed by atoms with E-state index in [1.54, 1.807) is 6.07 Å². The highest BCUT2D eigenvalue weighted by Gasteiger charge is 2.16. The average molecular weight is 286 g/mol. The van der Waals surface area contributed by atoms with E-state index in [9.17, 15) is 4.39 Å². The van der Waals surface area contributed by atoms with Gasteiger partial charge in [-0.15, -0.1) is 0 Å². The van der Waals surface area contributed by atoms with E-state index in [2.05, 4.69) is 55.3 Å². The summed E-state index contributed by atoms with van der Waals surface area (Å²) in [7, 11) is 0. The maximum Gasteiger partial charge on any atom is 0.141 e. The summed E-state index contributed by atoms with van der Waals surface area (Å²) in [6, 6.07) is 12.1. The van der Waals surface area contributed by atoms with E-state index >= 15 is 0 Å².